The van der Waals surface area contributed by atoms with Crippen LogP contribution in [0.25, 0.3) is 0 Å². The average molecular weight is 266 g/mol. The van der Waals surface area contributed by atoms with E-state index in [1.165, 1.54) is 13.0 Å². The Bertz CT molecular complexity index is 542. The van der Waals surface area contributed by atoms with E-state index in [4.69, 9.17) is 10.4 Å². The van der Waals surface area contributed by atoms with E-state index in [9.17, 15) is 25.1 Å². The third-order valence-electron chi connectivity index (χ3n) is 2.60. The molecule has 8 nitrogen and oxygen atoms in total. The highest BCUT2D eigenvalue weighted by Gasteiger charge is 2.25. The average Bonchev–Trinajstić information content (AvgIpc) is 2.36. The van der Waals surface area contributed by atoms with Gasteiger partial charge in [-0.25, -0.2) is 4.79 Å². The molecule has 8 heteroatoms. The standard InChI is InChI=1S/C11H10N2O6/c1-5-7(11(16)17)2-6(3-8(5)13(18)19)10(15)9(14)4-12/h2-3,9-10,14-15H,1H3,(H,16,17). The van der Waals surface area contributed by atoms with Crippen molar-refractivity contribution >= 4 is 11.7 Å². The molecule has 19 heavy (non-hydrogen) atoms. The quantitative estimate of drug-likeness (QED) is 0.409. The third-order valence-corrected chi connectivity index (χ3v) is 2.60. The molecule has 100 valence electrons. The maximum absolute atomic E-state index is 11.0. The van der Waals surface area contributed by atoms with Crippen molar-refractivity contribution in [2.75, 3.05) is 0 Å². The van der Waals surface area contributed by atoms with Crippen LogP contribution in [0.2, 0.25) is 0 Å². The summed E-state index contributed by atoms with van der Waals surface area (Å²) in [4.78, 5) is 21.0. The van der Waals surface area contributed by atoms with Crippen molar-refractivity contribution in [3.05, 3.63) is 38.9 Å². The van der Waals surface area contributed by atoms with Crippen LogP contribution < -0.4 is 0 Å². The molecule has 1 aromatic carbocycles. The van der Waals surface area contributed by atoms with Gasteiger partial charge in [-0.1, -0.05) is 0 Å². The maximum atomic E-state index is 11.0. The van der Waals surface area contributed by atoms with Gasteiger partial charge in [-0.05, 0) is 18.6 Å². The molecule has 0 saturated carbocycles. The predicted octanol–water partition coefficient (Wildman–Crippen LogP) is 0.519. The highest BCUT2D eigenvalue weighted by Crippen LogP contribution is 2.28. The van der Waals surface area contributed by atoms with Gasteiger partial charge in [-0.3, -0.25) is 10.1 Å². The van der Waals surface area contributed by atoms with E-state index < -0.39 is 28.8 Å². The highest BCUT2D eigenvalue weighted by molar-refractivity contribution is 5.91. The number of benzene rings is 1. The zero-order chi connectivity index (χ0) is 14.7. The van der Waals surface area contributed by atoms with Crippen LogP contribution in [0.15, 0.2) is 12.1 Å². The van der Waals surface area contributed by atoms with Gasteiger partial charge < -0.3 is 15.3 Å². The largest absolute Gasteiger partial charge is 0.478 e. The molecule has 0 fully saturated rings. The molecular weight excluding hydrogens is 256 g/mol. The Balaban J connectivity index is 3.48. The van der Waals surface area contributed by atoms with Crippen LogP contribution in [0.1, 0.15) is 27.6 Å². The Morgan fingerprint density at radius 2 is 2.05 bits per heavy atom. The van der Waals surface area contributed by atoms with Gasteiger partial charge in [0.05, 0.1) is 16.6 Å². The lowest BCUT2D eigenvalue weighted by Crippen LogP contribution is -2.17. The predicted molar refractivity (Wildman–Crippen MR) is 61.4 cm³/mol. The number of rotatable bonds is 4. The second-order valence-electron chi connectivity index (χ2n) is 3.79. The SMILES string of the molecule is Cc1c(C(=O)O)cc(C(O)C(O)C#N)cc1[N+](=O)[O-]. The number of hydrogen-bond acceptors (Lipinski definition) is 6. The summed E-state index contributed by atoms with van der Waals surface area (Å²) in [6, 6.07) is 3.30. The van der Waals surface area contributed by atoms with Crippen molar-refractivity contribution in [1.29, 1.82) is 5.26 Å². The highest BCUT2D eigenvalue weighted by atomic mass is 16.6. The molecule has 0 saturated heterocycles. The molecule has 0 aromatic heterocycles. The Labute approximate surface area is 107 Å². The van der Waals surface area contributed by atoms with E-state index in [0.717, 1.165) is 12.1 Å². The number of hydrogen-bond donors (Lipinski definition) is 3. The summed E-state index contributed by atoms with van der Waals surface area (Å²) in [7, 11) is 0. The Hall–Kier alpha value is -2.50. The van der Waals surface area contributed by atoms with Gasteiger partial charge in [-0.2, -0.15) is 5.26 Å². The number of aliphatic hydroxyl groups excluding tert-OH is 2. The minimum Gasteiger partial charge on any atom is -0.478 e. The molecule has 0 aliphatic heterocycles. The first kappa shape index (κ1) is 14.6. The first-order valence-corrected chi connectivity index (χ1v) is 5.07. The number of aliphatic hydroxyl groups is 2. The number of nitrogens with zero attached hydrogens (tertiary/aromatic N) is 2. The van der Waals surface area contributed by atoms with E-state index in [-0.39, 0.29) is 16.7 Å². The fourth-order valence-corrected chi connectivity index (χ4v) is 1.56. The lowest BCUT2D eigenvalue weighted by atomic mass is 9.97. The molecule has 2 unspecified atom stereocenters. The summed E-state index contributed by atoms with van der Waals surface area (Å²) in [5.41, 5.74) is -1.14. The Morgan fingerprint density at radius 3 is 2.47 bits per heavy atom. The fourth-order valence-electron chi connectivity index (χ4n) is 1.56. The zero-order valence-electron chi connectivity index (χ0n) is 9.77. The first-order chi connectivity index (χ1) is 8.79. The monoisotopic (exact) mass is 266 g/mol. The van der Waals surface area contributed by atoms with E-state index in [1.807, 2.05) is 0 Å². The zero-order valence-corrected chi connectivity index (χ0v) is 9.77. The molecule has 0 heterocycles. The van der Waals surface area contributed by atoms with E-state index in [0.29, 0.717) is 0 Å². The molecule has 0 spiro atoms. The van der Waals surface area contributed by atoms with Crippen molar-refractivity contribution in [1.82, 2.24) is 0 Å². The number of aromatic carboxylic acids is 1. The molecule has 0 aliphatic rings. The van der Waals surface area contributed by atoms with Crippen LogP contribution >= 0.6 is 0 Å². The fraction of sp³-hybridized carbons (Fsp3) is 0.273. The summed E-state index contributed by atoms with van der Waals surface area (Å²) in [5, 5.41) is 47.0. The molecule has 0 aliphatic carbocycles. The molecule has 1 rings (SSSR count). The molecular formula is C11H10N2O6. The van der Waals surface area contributed by atoms with Gasteiger partial charge in [0.2, 0.25) is 0 Å². The maximum Gasteiger partial charge on any atom is 0.336 e. The second-order valence-corrected chi connectivity index (χ2v) is 3.79. The van der Waals surface area contributed by atoms with Gasteiger partial charge >= 0.3 is 5.97 Å². The molecule has 3 N–H and O–H groups in total. The van der Waals surface area contributed by atoms with Crippen molar-refractivity contribution < 1.29 is 25.0 Å². The second kappa shape index (κ2) is 5.43. The molecule has 1 aromatic rings. The summed E-state index contributed by atoms with van der Waals surface area (Å²) in [5.74, 6) is -1.40. The van der Waals surface area contributed by atoms with Gasteiger partial charge in [0.15, 0.2) is 6.10 Å². The molecule has 2 atom stereocenters. The van der Waals surface area contributed by atoms with Crippen LogP contribution in [0, 0.1) is 28.4 Å². The van der Waals surface area contributed by atoms with Gasteiger partial charge in [-0.15, -0.1) is 0 Å². The van der Waals surface area contributed by atoms with Crippen molar-refractivity contribution in [3.63, 3.8) is 0 Å². The number of nitriles is 1. The number of carboxylic acid groups (broad SMARTS) is 1. The van der Waals surface area contributed by atoms with Gasteiger partial charge in [0.1, 0.15) is 6.10 Å². The van der Waals surface area contributed by atoms with Crippen LogP contribution in [-0.2, 0) is 0 Å². The van der Waals surface area contributed by atoms with Crippen molar-refractivity contribution in [3.8, 4) is 6.07 Å². The van der Waals surface area contributed by atoms with Crippen LogP contribution in [0.3, 0.4) is 0 Å². The molecule has 0 bridgehead atoms. The normalized spacial score (nSPS) is 13.4. The smallest absolute Gasteiger partial charge is 0.336 e. The Kier molecular flexibility index (Phi) is 4.16. The van der Waals surface area contributed by atoms with E-state index in [1.54, 1.807) is 0 Å². The number of carboxylic acids is 1. The minimum atomic E-state index is -1.80. The van der Waals surface area contributed by atoms with Crippen molar-refractivity contribution in [2.45, 2.75) is 19.1 Å². The van der Waals surface area contributed by atoms with E-state index >= 15 is 0 Å². The summed E-state index contributed by atoms with van der Waals surface area (Å²) in [6.45, 7) is 1.26. The number of nitro benzene ring substituents is 1. The summed E-state index contributed by atoms with van der Waals surface area (Å²) in [6.07, 6.45) is -3.52. The van der Waals surface area contributed by atoms with Gasteiger partial charge in [0.25, 0.3) is 5.69 Å². The molecule has 0 amide bonds. The first-order valence-electron chi connectivity index (χ1n) is 5.07. The topological polar surface area (TPSA) is 145 Å². The summed E-state index contributed by atoms with van der Waals surface area (Å²) >= 11 is 0. The van der Waals surface area contributed by atoms with Crippen molar-refractivity contribution in [2.24, 2.45) is 0 Å². The number of carbonyl (C=O) groups is 1. The van der Waals surface area contributed by atoms with Crippen LogP contribution in [-0.4, -0.2) is 32.3 Å². The van der Waals surface area contributed by atoms with Crippen LogP contribution in [0.5, 0.6) is 0 Å². The van der Waals surface area contributed by atoms with Crippen LogP contribution in [0.4, 0.5) is 5.69 Å². The summed E-state index contributed by atoms with van der Waals surface area (Å²) < 4.78 is 0. The number of nitro groups is 1. The molecule has 0 radical (unpaired) electrons. The Morgan fingerprint density at radius 1 is 1.47 bits per heavy atom. The van der Waals surface area contributed by atoms with E-state index in [2.05, 4.69) is 0 Å². The third kappa shape index (κ3) is 2.85. The lowest BCUT2D eigenvalue weighted by molar-refractivity contribution is -0.385. The van der Waals surface area contributed by atoms with Gasteiger partial charge in [0, 0.05) is 11.6 Å². The lowest BCUT2D eigenvalue weighted by Gasteiger charge is -2.13. The minimum absolute atomic E-state index is 0.0695.